The highest BCUT2D eigenvalue weighted by Crippen LogP contribution is 2.31. The van der Waals surface area contributed by atoms with Crippen LogP contribution in [0.25, 0.3) is 0 Å². The molecule has 2 aromatic carbocycles. The number of nitrogens with two attached hydrogens (primary N) is 1. The molecule has 9 nitrogen and oxygen atoms in total. The molecule has 0 aliphatic carbocycles. The molecule has 10 heteroatoms. The van der Waals surface area contributed by atoms with Gasteiger partial charge in [-0.05, 0) is 71.2 Å². The number of para-hydroxylation sites is 1. The van der Waals surface area contributed by atoms with Gasteiger partial charge in [0.2, 0.25) is 11.8 Å². The minimum atomic E-state index is -1.34. The Morgan fingerprint density at radius 1 is 1.05 bits per heavy atom. The van der Waals surface area contributed by atoms with Crippen LogP contribution in [0.3, 0.4) is 0 Å². The van der Waals surface area contributed by atoms with Crippen molar-refractivity contribution in [2.24, 2.45) is 5.73 Å². The SMILES string of the molecule is CCN(C(=O)C(CC(N)=O)NC(=O)OC(C)(C)C)C(C(=O)Nc1c(C)cccc1Cl)c1ccc(C)cc1C. The molecule has 2 aromatic rings. The van der Waals surface area contributed by atoms with Crippen molar-refractivity contribution in [1.82, 2.24) is 10.2 Å². The highest BCUT2D eigenvalue weighted by Gasteiger charge is 2.37. The second-order valence-electron chi connectivity index (χ2n) is 10.2. The highest BCUT2D eigenvalue weighted by atomic mass is 35.5. The molecule has 0 saturated heterocycles. The summed E-state index contributed by atoms with van der Waals surface area (Å²) in [5.41, 5.74) is 8.11. The summed E-state index contributed by atoms with van der Waals surface area (Å²) >= 11 is 6.36. The van der Waals surface area contributed by atoms with Gasteiger partial charge < -0.3 is 26.0 Å². The van der Waals surface area contributed by atoms with Crippen molar-refractivity contribution < 1.29 is 23.9 Å². The predicted octanol–water partition coefficient (Wildman–Crippen LogP) is 4.56. The first-order valence-corrected chi connectivity index (χ1v) is 12.7. The molecule has 2 unspecified atom stereocenters. The third kappa shape index (κ3) is 8.21. The molecule has 4 N–H and O–H groups in total. The molecule has 0 radical (unpaired) electrons. The maximum Gasteiger partial charge on any atom is 0.408 e. The zero-order valence-corrected chi connectivity index (χ0v) is 23.7. The molecular formula is C28H37ClN4O5. The Labute approximate surface area is 229 Å². The fourth-order valence-electron chi connectivity index (χ4n) is 4.08. The first kappa shape index (κ1) is 30.6. The van der Waals surface area contributed by atoms with E-state index in [9.17, 15) is 19.2 Å². The number of nitrogens with one attached hydrogen (secondary N) is 2. The number of amides is 4. The minimum absolute atomic E-state index is 0.0942. The van der Waals surface area contributed by atoms with E-state index in [0.29, 0.717) is 16.3 Å². The molecule has 0 saturated carbocycles. The lowest BCUT2D eigenvalue weighted by Crippen LogP contribution is -2.53. The van der Waals surface area contributed by atoms with Gasteiger partial charge in [0.25, 0.3) is 5.91 Å². The van der Waals surface area contributed by atoms with E-state index in [1.54, 1.807) is 45.9 Å². The van der Waals surface area contributed by atoms with E-state index >= 15 is 0 Å². The number of carbonyl (C=O) groups is 4. The zero-order chi connectivity index (χ0) is 28.8. The monoisotopic (exact) mass is 544 g/mol. The summed E-state index contributed by atoms with van der Waals surface area (Å²) < 4.78 is 5.28. The summed E-state index contributed by atoms with van der Waals surface area (Å²) in [5.74, 6) is -1.96. The first-order chi connectivity index (χ1) is 17.6. The van der Waals surface area contributed by atoms with Crippen molar-refractivity contribution in [1.29, 1.82) is 0 Å². The van der Waals surface area contributed by atoms with Crippen molar-refractivity contribution in [2.45, 2.75) is 72.6 Å². The quantitative estimate of drug-likeness (QED) is 0.426. The molecule has 2 atom stereocenters. The van der Waals surface area contributed by atoms with Gasteiger partial charge in [0.05, 0.1) is 17.1 Å². The van der Waals surface area contributed by atoms with Crippen LogP contribution in [0.2, 0.25) is 5.02 Å². The number of nitrogens with zero attached hydrogens (tertiary/aromatic N) is 1. The van der Waals surface area contributed by atoms with Crippen LogP contribution in [0.15, 0.2) is 36.4 Å². The van der Waals surface area contributed by atoms with Crippen LogP contribution in [-0.2, 0) is 19.1 Å². The molecule has 38 heavy (non-hydrogen) atoms. The number of rotatable bonds is 9. The minimum Gasteiger partial charge on any atom is -0.444 e. The van der Waals surface area contributed by atoms with E-state index in [0.717, 1.165) is 16.7 Å². The molecule has 4 amide bonds. The van der Waals surface area contributed by atoms with Gasteiger partial charge in [-0.15, -0.1) is 0 Å². The summed E-state index contributed by atoms with van der Waals surface area (Å²) in [4.78, 5) is 53.3. The Kier molecular flexibility index (Phi) is 10.3. The maximum absolute atomic E-state index is 13.8. The number of likely N-dealkylation sites (N-methyl/N-ethyl adjacent to an activating group) is 1. The predicted molar refractivity (Wildman–Crippen MR) is 148 cm³/mol. The fourth-order valence-corrected chi connectivity index (χ4v) is 4.35. The summed E-state index contributed by atoms with van der Waals surface area (Å²) in [6, 6.07) is 8.35. The molecule has 0 spiro atoms. The van der Waals surface area contributed by atoms with Gasteiger partial charge in [0, 0.05) is 6.54 Å². The molecule has 2 rings (SSSR count). The number of ether oxygens (including phenoxy) is 1. The summed E-state index contributed by atoms with van der Waals surface area (Å²) in [7, 11) is 0. The van der Waals surface area contributed by atoms with E-state index in [2.05, 4.69) is 10.6 Å². The van der Waals surface area contributed by atoms with Gasteiger partial charge >= 0.3 is 6.09 Å². The summed E-state index contributed by atoms with van der Waals surface area (Å²) in [5, 5.41) is 5.67. The number of hydrogen-bond donors (Lipinski definition) is 3. The van der Waals surface area contributed by atoms with Gasteiger partial charge in [-0.25, -0.2) is 4.79 Å². The standard InChI is InChI=1S/C28H37ClN4O5/c1-8-33(26(36)21(15-22(30)34)31-27(37)38-28(5,6)7)24(19-13-12-16(2)14-18(19)4)25(35)32-23-17(3)10-9-11-20(23)29/h9-14,21,24H,8,15H2,1-7H3,(H2,30,34)(H,31,37)(H,32,35). The van der Waals surface area contributed by atoms with Crippen molar-refractivity contribution >= 4 is 41.1 Å². The van der Waals surface area contributed by atoms with Gasteiger partial charge in [0.15, 0.2) is 0 Å². The average molecular weight is 545 g/mol. The number of aryl methyl sites for hydroxylation is 3. The van der Waals surface area contributed by atoms with Gasteiger partial charge in [-0.3, -0.25) is 14.4 Å². The van der Waals surface area contributed by atoms with Crippen LogP contribution in [0, 0.1) is 20.8 Å². The maximum atomic E-state index is 13.8. The van der Waals surface area contributed by atoms with Crippen molar-refractivity contribution in [3.63, 3.8) is 0 Å². The van der Waals surface area contributed by atoms with Crippen molar-refractivity contribution in [2.75, 3.05) is 11.9 Å². The zero-order valence-electron chi connectivity index (χ0n) is 23.0. The Bertz CT molecular complexity index is 1190. The molecule has 0 aliphatic heterocycles. The lowest BCUT2D eigenvalue weighted by Gasteiger charge is -2.34. The molecule has 0 aromatic heterocycles. The normalized spacial score (nSPS) is 12.7. The number of primary amides is 1. The molecule has 0 heterocycles. The van der Waals surface area contributed by atoms with Gasteiger partial charge in [-0.1, -0.05) is 47.5 Å². The Morgan fingerprint density at radius 3 is 2.24 bits per heavy atom. The van der Waals surface area contributed by atoms with E-state index in [-0.39, 0.29) is 6.54 Å². The van der Waals surface area contributed by atoms with E-state index in [1.807, 2.05) is 39.0 Å². The Morgan fingerprint density at radius 2 is 1.71 bits per heavy atom. The Balaban J connectivity index is 2.55. The van der Waals surface area contributed by atoms with Crippen molar-refractivity contribution in [3.05, 3.63) is 63.7 Å². The molecule has 0 bridgehead atoms. The highest BCUT2D eigenvalue weighted by molar-refractivity contribution is 6.34. The number of alkyl carbamates (subject to hydrolysis) is 1. The van der Waals surface area contributed by atoms with Crippen LogP contribution in [0.4, 0.5) is 10.5 Å². The van der Waals surface area contributed by atoms with Crippen LogP contribution < -0.4 is 16.4 Å². The molecule has 0 fully saturated rings. The molecule has 0 aliphatic rings. The second-order valence-corrected chi connectivity index (χ2v) is 10.6. The third-order valence-electron chi connectivity index (χ3n) is 5.77. The number of anilines is 1. The van der Waals surface area contributed by atoms with Crippen molar-refractivity contribution in [3.8, 4) is 0 Å². The number of halogens is 1. The first-order valence-electron chi connectivity index (χ1n) is 12.4. The number of hydrogen-bond acceptors (Lipinski definition) is 5. The van der Waals surface area contributed by atoms with Crippen LogP contribution >= 0.6 is 11.6 Å². The third-order valence-corrected chi connectivity index (χ3v) is 6.08. The molecule has 206 valence electrons. The lowest BCUT2D eigenvalue weighted by molar-refractivity contribution is -0.141. The van der Waals surface area contributed by atoms with E-state index in [1.165, 1.54) is 4.90 Å². The van der Waals surface area contributed by atoms with Crippen LogP contribution in [0.1, 0.15) is 62.4 Å². The largest absolute Gasteiger partial charge is 0.444 e. The lowest BCUT2D eigenvalue weighted by atomic mass is 9.96. The Hall–Kier alpha value is -3.59. The smallest absolute Gasteiger partial charge is 0.408 e. The second kappa shape index (κ2) is 12.8. The van der Waals surface area contributed by atoms with E-state index in [4.69, 9.17) is 22.1 Å². The number of carbonyl (C=O) groups excluding carboxylic acids is 4. The van der Waals surface area contributed by atoms with Gasteiger partial charge in [-0.2, -0.15) is 0 Å². The topological polar surface area (TPSA) is 131 Å². The van der Waals surface area contributed by atoms with E-state index < -0.39 is 47.9 Å². The summed E-state index contributed by atoms with van der Waals surface area (Å²) in [6.45, 7) is 12.4. The average Bonchev–Trinajstić information content (AvgIpc) is 2.78. The summed E-state index contributed by atoms with van der Waals surface area (Å²) in [6.07, 6.45) is -1.35. The van der Waals surface area contributed by atoms with Crippen LogP contribution in [0.5, 0.6) is 0 Å². The fraction of sp³-hybridized carbons (Fsp3) is 0.429. The van der Waals surface area contributed by atoms with Gasteiger partial charge in [0.1, 0.15) is 17.7 Å². The number of benzene rings is 2. The van der Waals surface area contributed by atoms with Crippen LogP contribution in [-0.4, -0.2) is 46.9 Å². The molecular weight excluding hydrogens is 508 g/mol.